The minimum atomic E-state index is -0.352. The lowest BCUT2D eigenvalue weighted by Crippen LogP contribution is -2.46. The molecule has 30 heavy (non-hydrogen) atoms. The van der Waals surface area contributed by atoms with Gasteiger partial charge in [0, 0.05) is 43.7 Å². The zero-order valence-corrected chi connectivity index (χ0v) is 17.9. The number of hydrogen-bond acceptors (Lipinski definition) is 7. The molecule has 0 unspecified atom stereocenters. The summed E-state index contributed by atoms with van der Waals surface area (Å²) in [4.78, 5) is 21.5. The first-order chi connectivity index (χ1) is 14.6. The number of nitrogens with one attached hydrogen (secondary N) is 1. The Morgan fingerprint density at radius 3 is 2.67 bits per heavy atom. The Morgan fingerprint density at radius 1 is 1.17 bits per heavy atom. The molecule has 0 spiro atoms. The summed E-state index contributed by atoms with van der Waals surface area (Å²) < 4.78 is 11.1. The average Bonchev–Trinajstić information content (AvgIpc) is 3.37. The number of amides is 1. The number of piperazine rings is 1. The van der Waals surface area contributed by atoms with Gasteiger partial charge in [0.15, 0.2) is 5.76 Å². The van der Waals surface area contributed by atoms with Crippen molar-refractivity contribution in [1.82, 2.24) is 25.3 Å². The van der Waals surface area contributed by atoms with E-state index in [0.29, 0.717) is 18.1 Å². The van der Waals surface area contributed by atoms with Gasteiger partial charge in [-0.1, -0.05) is 30.3 Å². The summed E-state index contributed by atoms with van der Waals surface area (Å²) in [5.74, 6) is 0.433. The fraction of sp³-hybridized carbons (Fsp3) is 0.500. The molecule has 1 aromatic carbocycles. The van der Waals surface area contributed by atoms with E-state index in [-0.39, 0.29) is 11.8 Å². The standard InChI is InChI=1S/C22H29N5O3/c1-4-26-11-13-27(14-12-26)10-6-9-23-21(28)22-24-20(25-30-22)19-16(3)17-8-5-7-15(2)18(17)29-19/h5,7-8H,4,6,9-14H2,1-3H3,(H,23,28). The molecular formula is C22H29N5O3. The molecule has 0 radical (unpaired) electrons. The van der Waals surface area contributed by atoms with E-state index in [1.807, 2.05) is 32.0 Å². The van der Waals surface area contributed by atoms with Crippen LogP contribution in [0.4, 0.5) is 0 Å². The Bertz CT molecular complexity index is 1020. The number of fused-ring (bicyclic) bond motifs is 1. The Kier molecular flexibility index (Phi) is 6.15. The molecule has 3 aromatic rings. The monoisotopic (exact) mass is 411 g/mol. The average molecular weight is 412 g/mol. The molecule has 1 aliphatic heterocycles. The van der Waals surface area contributed by atoms with Gasteiger partial charge in [0.05, 0.1) is 0 Å². The maximum Gasteiger partial charge on any atom is 0.316 e. The summed E-state index contributed by atoms with van der Waals surface area (Å²) in [5, 5.41) is 7.84. The first kappa shape index (κ1) is 20.6. The summed E-state index contributed by atoms with van der Waals surface area (Å²) in [6.45, 7) is 13.2. The predicted molar refractivity (Wildman–Crippen MR) is 114 cm³/mol. The molecule has 160 valence electrons. The summed E-state index contributed by atoms with van der Waals surface area (Å²) in [7, 11) is 0. The van der Waals surface area contributed by atoms with Crippen molar-refractivity contribution < 1.29 is 13.7 Å². The van der Waals surface area contributed by atoms with Crippen LogP contribution in [-0.2, 0) is 0 Å². The fourth-order valence-electron chi connectivity index (χ4n) is 3.91. The molecule has 1 aliphatic rings. The third-order valence-electron chi connectivity index (χ3n) is 5.83. The molecule has 0 aliphatic carbocycles. The predicted octanol–water partition coefficient (Wildman–Crippen LogP) is 2.86. The third-order valence-corrected chi connectivity index (χ3v) is 5.83. The SMILES string of the molecule is CCN1CCN(CCCNC(=O)c2nc(-c3oc4c(C)cccc4c3C)no2)CC1. The van der Waals surface area contributed by atoms with Crippen molar-refractivity contribution in [3.8, 4) is 11.6 Å². The van der Waals surface area contributed by atoms with Crippen LogP contribution in [0.2, 0.25) is 0 Å². The Balaban J connectivity index is 1.31. The number of hydrogen-bond donors (Lipinski definition) is 1. The lowest BCUT2D eigenvalue weighted by atomic mass is 10.1. The van der Waals surface area contributed by atoms with Crippen molar-refractivity contribution in [2.24, 2.45) is 0 Å². The maximum absolute atomic E-state index is 12.4. The van der Waals surface area contributed by atoms with Gasteiger partial charge in [-0.2, -0.15) is 4.98 Å². The molecule has 0 saturated carbocycles. The van der Waals surface area contributed by atoms with Crippen LogP contribution in [0.5, 0.6) is 0 Å². The van der Waals surface area contributed by atoms with Crippen LogP contribution in [0.1, 0.15) is 35.2 Å². The van der Waals surface area contributed by atoms with Crippen molar-refractivity contribution in [3.05, 3.63) is 35.2 Å². The van der Waals surface area contributed by atoms with Gasteiger partial charge in [0.2, 0.25) is 5.82 Å². The molecule has 1 N–H and O–H groups in total. The number of aromatic nitrogens is 2. The van der Waals surface area contributed by atoms with Crippen molar-refractivity contribution >= 4 is 16.9 Å². The quantitative estimate of drug-likeness (QED) is 0.598. The molecule has 4 rings (SSSR count). The molecule has 0 atom stereocenters. The van der Waals surface area contributed by atoms with E-state index in [2.05, 4.69) is 32.2 Å². The van der Waals surface area contributed by atoms with Gasteiger partial charge in [-0.05, 0) is 38.9 Å². The molecule has 8 heteroatoms. The van der Waals surface area contributed by atoms with E-state index in [0.717, 1.165) is 67.8 Å². The van der Waals surface area contributed by atoms with Crippen LogP contribution >= 0.6 is 0 Å². The number of aryl methyl sites for hydroxylation is 2. The minimum absolute atomic E-state index is 0.0434. The van der Waals surface area contributed by atoms with Gasteiger partial charge in [0.25, 0.3) is 0 Å². The topological polar surface area (TPSA) is 87.6 Å². The number of furan rings is 1. The first-order valence-electron chi connectivity index (χ1n) is 10.6. The summed E-state index contributed by atoms with van der Waals surface area (Å²) >= 11 is 0. The molecule has 1 amide bonds. The van der Waals surface area contributed by atoms with E-state index in [9.17, 15) is 4.79 Å². The Labute approximate surface area is 176 Å². The fourth-order valence-corrected chi connectivity index (χ4v) is 3.91. The summed E-state index contributed by atoms with van der Waals surface area (Å²) in [6.07, 6.45) is 0.890. The lowest BCUT2D eigenvalue weighted by Gasteiger charge is -2.33. The second-order valence-corrected chi connectivity index (χ2v) is 7.82. The van der Waals surface area contributed by atoms with Crippen LogP contribution < -0.4 is 5.32 Å². The molecule has 1 fully saturated rings. The number of carbonyl (C=O) groups excluding carboxylic acids is 1. The summed E-state index contributed by atoms with van der Waals surface area (Å²) in [6, 6.07) is 5.98. The zero-order valence-electron chi connectivity index (χ0n) is 17.9. The molecule has 2 aromatic heterocycles. The highest BCUT2D eigenvalue weighted by Crippen LogP contribution is 2.32. The molecule has 8 nitrogen and oxygen atoms in total. The van der Waals surface area contributed by atoms with Crippen LogP contribution in [0.3, 0.4) is 0 Å². The molecule has 0 bridgehead atoms. The molecule has 1 saturated heterocycles. The van der Waals surface area contributed by atoms with E-state index in [1.165, 1.54) is 0 Å². The number of likely N-dealkylation sites (N-methyl/N-ethyl adjacent to an activating group) is 1. The van der Waals surface area contributed by atoms with Crippen molar-refractivity contribution in [2.45, 2.75) is 27.2 Å². The third kappa shape index (κ3) is 4.24. The highest BCUT2D eigenvalue weighted by molar-refractivity contribution is 5.91. The lowest BCUT2D eigenvalue weighted by molar-refractivity contribution is 0.0904. The van der Waals surface area contributed by atoms with Gasteiger partial charge < -0.3 is 24.1 Å². The van der Waals surface area contributed by atoms with Crippen LogP contribution in [0.25, 0.3) is 22.6 Å². The number of nitrogens with zero attached hydrogens (tertiary/aromatic N) is 4. The maximum atomic E-state index is 12.4. The summed E-state index contributed by atoms with van der Waals surface area (Å²) in [5.41, 5.74) is 2.78. The van der Waals surface area contributed by atoms with E-state index >= 15 is 0 Å². The number of rotatable bonds is 7. The highest BCUT2D eigenvalue weighted by Gasteiger charge is 2.21. The van der Waals surface area contributed by atoms with Gasteiger partial charge >= 0.3 is 11.8 Å². The number of benzene rings is 1. The Morgan fingerprint density at radius 2 is 1.93 bits per heavy atom. The number of carbonyl (C=O) groups is 1. The van der Waals surface area contributed by atoms with Gasteiger partial charge in [-0.25, -0.2) is 0 Å². The van der Waals surface area contributed by atoms with Crippen LogP contribution in [0.15, 0.2) is 27.1 Å². The van der Waals surface area contributed by atoms with Gasteiger partial charge in [-0.3, -0.25) is 4.79 Å². The van der Waals surface area contributed by atoms with E-state index < -0.39 is 0 Å². The van der Waals surface area contributed by atoms with Crippen molar-refractivity contribution in [3.63, 3.8) is 0 Å². The first-order valence-corrected chi connectivity index (χ1v) is 10.6. The van der Waals surface area contributed by atoms with Crippen molar-refractivity contribution in [2.75, 3.05) is 45.8 Å². The minimum Gasteiger partial charge on any atom is -0.452 e. The van der Waals surface area contributed by atoms with Gasteiger partial charge in [0.1, 0.15) is 5.58 Å². The Hall–Kier alpha value is -2.71. The largest absolute Gasteiger partial charge is 0.452 e. The van der Waals surface area contributed by atoms with Crippen molar-refractivity contribution in [1.29, 1.82) is 0 Å². The van der Waals surface area contributed by atoms with Crippen LogP contribution in [0, 0.1) is 13.8 Å². The van der Waals surface area contributed by atoms with E-state index in [4.69, 9.17) is 8.94 Å². The normalized spacial score (nSPS) is 15.7. The zero-order chi connectivity index (χ0) is 21.1. The number of para-hydroxylation sites is 1. The molecule has 3 heterocycles. The second kappa shape index (κ2) is 8.97. The van der Waals surface area contributed by atoms with Crippen LogP contribution in [-0.4, -0.2) is 71.7 Å². The van der Waals surface area contributed by atoms with E-state index in [1.54, 1.807) is 0 Å². The highest BCUT2D eigenvalue weighted by atomic mass is 16.5. The molecular weight excluding hydrogens is 382 g/mol. The van der Waals surface area contributed by atoms with Gasteiger partial charge in [-0.15, -0.1) is 0 Å². The smallest absolute Gasteiger partial charge is 0.316 e. The second-order valence-electron chi connectivity index (χ2n) is 7.82.